The number of anilines is 1. The third kappa shape index (κ3) is 3.02. The molecule has 1 saturated heterocycles. The minimum Gasteiger partial charge on any atom is -0.462 e. The number of Topliss-reactive ketones (excluding diaryl/α,β-unsaturated/α-hetero) is 2. The van der Waals surface area contributed by atoms with E-state index in [1.807, 2.05) is 4.90 Å². The van der Waals surface area contributed by atoms with E-state index in [4.69, 9.17) is 9.47 Å². The minimum absolute atomic E-state index is 0.211. The van der Waals surface area contributed by atoms with Gasteiger partial charge < -0.3 is 18.9 Å². The highest BCUT2D eigenvalue weighted by Crippen LogP contribution is 2.44. The predicted molar refractivity (Wildman–Crippen MR) is 111 cm³/mol. The zero-order chi connectivity index (χ0) is 20.9. The molecule has 0 spiro atoms. The predicted octanol–water partition coefficient (Wildman–Crippen LogP) is 3.16. The standard InChI is InChI=1S/C21H21BrN2O5/c1-4-29-21(27)16-15-13-10-12(22)9-11(2)14(13)18(25)19(26)17(15)23(3)20(16)24-5-7-28-8-6-24/h9-10H,4-8H2,1-3H3. The Balaban J connectivity index is 2.08. The number of ether oxygens (including phenoxy) is 2. The average Bonchev–Trinajstić information content (AvgIpc) is 3.00. The molecule has 0 N–H and O–H groups in total. The molecule has 152 valence electrons. The van der Waals surface area contributed by atoms with Crippen molar-refractivity contribution in [3.63, 3.8) is 0 Å². The van der Waals surface area contributed by atoms with Gasteiger partial charge in [0.15, 0.2) is 0 Å². The number of nitrogens with zero attached hydrogens (tertiary/aromatic N) is 2. The van der Waals surface area contributed by atoms with Gasteiger partial charge in [0.2, 0.25) is 5.78 Å². The van der Waals surface area contributed by atoms with Crippen molar-refractivity contribution in [2.75, 3.05) is 37.8 Å². The van der Waals surface area contributed by atoms with Crippen LogP contribution in [0.25, 0.3) is 11.1 Å². The van der Waals surface area contributed by atoms with Gasteiger partial charge >= 0.3 is 5.97 Å². The van der Waals surface area contributed by atoms with Gasteiger partial charge in [0.1, 0.15) is 17.1 Å². The Kier molecular flexibility index (Phi) is 5.08. The molecule has 0 saturated carbocycles. The SMILES string of the molecule is CCOC(=O)c1c2c(n(C)c1N1CCOCC1)C(=O)C(=O)c1c(C)cc(Br)cc1-2. The highest BCUT2D eigenvalue weighted by Gasteiger charge is 2.41. The van der Waals surface area contributed by atoms with E-state index < -0.39 is 17.5 Å². The molecule has 0 radical (unpaired) electrons. The van der Waals surface area contributed by atoms with Crippen molar-refractivity contribution in [3.05, 3.63) is 39.0 Å². The van der Waals surface area contributed by atoms with E-state index in [-0.39, 0.29) is 12.3 Å². The highest BCUT2D eigenvalue weighted by atomic mass is 79.9. The van der Waals surface area contributed by atoms with Crippen LogP contribution in [0, 0.1) is 6.92 Å². The maximum Gasteiger partial charge on any atom is 0.342 e. The van der Waals surface area contributed by atoms with E-state index in [1.54, 1.807) is 37.6 Å². The Bertz CT molecular complexity index is 1050. The number of esters is 1. The van der Waals surface area contributed by atoms with Gasteiger partial charge in [-0.2, -0.15) is 0 Å². The maximum absolute atomic E-state index is 13.1. The number of aryl methyl sites for hydroxylation is 1. The van der Waals surface area contributed by atoms with Crippen LogP contribution < -0.4 is 4.90 Å². The monoisotopic (exact) mass is 460 g/mol. The first kappa shape index (κ1) is 19.8. The number of morpholine rings is 1. The van der Waals surface area contributed by atoms with Crippen molar-refractivity contribution >= 4 is 39.3 Å². The second kappa shape index (κ2) is 7.42. The molecular weight excluding hydrogens is 440 g/mol. The number of fused-ring (bicyclic) bond motifs is 3. The first-order valence-electron chi connectivity index (χ1n) is 9.48. The molecule has 1 aromatic heterocycles. The number of carbonyl (C=O) groups is 3. The molecule has 1 aromatic carbocycles. The Labute approximate surface area is 176 Å². The molecule has 7 nitrogen and oxygen atoms in total. The molecule has 2 heterocycles. The second-order valence-electron chi connectivity index (χ2n) is 7.10. The summed E-state index contributed by atoms with van der Waals surface area (Å²) in [5, 5.41) is 0. The zero-order valence-electron chi connectivity index (χ0n) is 16.5. The summed E-state index contributed by atoms with van der Waals surface area (Å²) in [5.41, 5.74) is 2.63. The number of hydrogen-bond donors (Lipinski definition) is 0. The average molecular weight is 461 g/mol. The topological polar surface area (TPSA) is 77.8 Å². The quantitative estimate of drug-likeness (QED) is 0.517. The van der Waals surface area contributed by atoms with E-state index in [1.165, 1.54) is 0 Å². The van der Waals surface area contributed by atoms with Crippen LogP contribution in [0.5, 0.6) is 0 Å². The van der Waals surface area contributed by atoms with Crippen LogP contribution in [0.2, 0.25) is 0 Å². The van der Waals surface area contributed by atoms with Gasteiger partial charge in [0.05, 0.1) is 19.8 Å². The van der Waals surface area contributed by atoms with Crippen LogP contribution in [-0.4, -0.2) is 55.0 Å². The van der Waals surface area contributed by atoms with Crippen LogP contribution in [0.3, 0.4) is 0 Å². The summed E-state index contributed by atoms with van der Waals surface area (Å²) in [4.78, 5) is 41.1. The molecule has 2 aliphatic rings. The summed E-state index contributed by atoms with van der Waals surface area (Å²) in [7, 11) is 1.72. The summed E-state index contributed by atoms with van der Waals surface area (Å²) in [6, 6.07) is 3.59. The number of ketones is 2. The fourth-order valence-corrected chi connectivity index (χ4v) is 4.78. The summed E-state index contributed by atoms with van der Waals surface area (Å²) in [6.07, 6.45) is 0. The minimum atomic E-state index is -0.606. The van der Waals surface area contributed by atoms with Crippen molar-refractivity contribution in [3.8, 4) is 11.1 Å². The number of benzene rings is 1. The Morgan fingerprint density at radius 3 is 2.52 bits per heavy atom. The highest BCUT2D eigenvalue weighted by molar-refractivity contribution is 9.10. The molecular formula is C21H21BrN2O5. The van der Waals surface area contributed by atoms with E-state index in [9.17, 15) is 14.4 Å². The van der Waals surface area contributed by atoms with Gasteiger partial charge in [-0.15, -0.1) is 0 Å². The number of carbonyl (C=O) groups excluding carboxylic acids is 3. The third-order valence-corrected chi connectivity index (χ3v) is 5.83. The molecule has 0 amide bonds. The van der Waals surface area contributed by atoms with Crippen LogP contribution in [0.4, 0.5) is 5.82 Å². The molecule has 1 fully saturated rings. The first-order valence-corrected chi connectivity index (χ1v) is 10.3. The number of hydrogen-bond acceptors (Lipinski definition) is 6. The van der Waals surface area contributed by atoms with E-state index in [0.29, 0.717) is 59.9 Å². The Hall–Kier alpha value is -2.45. The maximum atomic E-state index is 13.1. The molecule has 1 aliphatic carbocycles. The van der Waals surface area contributed by atoms with E-state index in [2.05, 4.69) is 15.9 Å². The lowest BCUT2D eigenvalue weighted by molar-refractivity contribution is 0.0526. The number of rotatable bonds is 3. The summed E-state index contributed by atoms with van der Waals surface area (Å²) < 4.78 is 13.2. The van der Waals surface area contributed by atoms with Gasteiger partial charge in [-0.25, -0.2) is 4.79 Å². The van der Waals surface area contributed by atoms with Crippen LogP contribution >= 0.6 is 15.9 Å². The largest absolute Gasteiger partial charge is 0.462 e. The number of halogens is 1. The van der Waals surface area contributed by atoms with Crippen molar-refractivity contribution < 1.29 is 23.9 Å². The number of aromatic nitrogens is 1. The van der Waals surface area contributed by atoms with Gasteiger partial charge in [0.25, 0.3) is 5.78 Å². The van der Waals surface area contributed by atoms with E-state index in [0.717, 1.165) is 4.47 Å². The fourth-order valence-electron chi connectivity index (χ4n) is 4.20. The molecule has 0 bridgehead atoms. The smallest absolute Gasteiger partial charge is 0.342 e. The van der Waals surface area contributed by atoms with Gasteiger partial charge in [-0.1, -0.05) is 15.9 Å². The summed E-state index contributed by atoms with van der Waals surface area (Å²) >= 11 is 3.48. The zero-order valence-corrected chi connectivity index (χ0v) is 18.1. The molecule has 2 aromatic rings. The lowest BCUT2D eigenvalue weighted by atomic mass is 9.83. The van der Waals surface area contributed by atoms with Crippen molar-refractivity contribution in [2.45, 2.75) is 13.8 Å². The molecule has 29 heavy (non-hydrogen) atoms. The molecule has 1 aliphatic heterocycles. The van der Waals surface area contributed by atoms with Crippen molar-refractivity contribution in [1.29, 1.82) is 0 Å². The van der Waals surface area contributed by atoms with Gasteiger partial charge in [-0.05, 0) is 37.1 Å². The van der Waals surface area contributed by atoms with Gasteiger partial charge in [0, 0.05) is 35.7 Å². The third-order valence-electron chi connectivity index (χ3n) is 5.37. The normalized spacial score (nSPS) is 15.9. The van der Waals surface area contributed by atoms with Gasteiger partial charge in [-0.3, -0.25) is 9.59 Å². The molecule has 0 atom stereocenters. The van der Waals surface area contributed by atoms with Crippen LogP contribution in [0.15, 0.2) is 16.6 Å². The van der Waals surface area contributed by atoms with Crippen molar-refractivity contribution in [2.24, 2.45) is 7.05 Å². The second-order valence-corrected chi connectivity index (χ2v) is 8.02. The summed E-state index contributed by atoms with van der Waals surface area (Å²) in [5.74, 6) is -1.08. The Morgan fingerprint density at radius 1 is 1.17 bits per heavy atom. The lowest BCUT2D eigenvalue weighted by Crippen LogP contribution is -2.38. The molecule has 4 rings (SSSR count). The van der Waals surface area contributed by atoms with E-state index >= 15 is 0 Å². The summed E-state index contributed by atoms with van der Waals surface area (Å²) in [6.45, 7) is 5.94. The molecule has 0 unspecified atom stereocenters. The fraction of sp³-hybridized carbons (Fsp3) is 0.381. The molecule has 8 heteroatoms. The lowest BCUT2D eigenvalue weighted by Gasteiger charge is -2.30. The Morgan fingerprint density at radius 2 is 1.86 bits per heavy atom. The van der Waals surface area contributed by atoms with Crippen LogP contribution in [0.1, 0.15) is 43.7 Å². The first-order chi connectivity index (χ1) is 13.9. The van der Waals surface area contributed by atoms with Crippen molar-refractivity contribution in [1.82, 2.24) is 4.57 Å². The van der Waals surface area contributed by atoms with Crippen LogP contribution in [-0.2, 0) is 16.5 Å².